The number of carboxylic acids is 1. The quantitative estimate of drug-likeness (QED) is 0.367. The molecule has 0 saturated carbocycles. The number of aliphatic hydroxyl groups excluding tert-OH is 1. The van der Waals surface area contributed by atoms with E-state index in [4.69, 9.17) is 10.8 Å². The third kappa shape index (κ3) is 3.00. The van der Waals surface area contributed by atoms with Gasteiger partial charge in [0.25, 0.3) is 0 Å². The fraction of sp³-hybridized carbons (Fsp3) is 0.125. The van der Waals surface area contributed by atoms with Crippen molar-refractivity contribution in [3.8, 4) is 0 Å². The molecule has 0 amide bonds. The van der Waals surface area contributed by atoms with Gasteiger partial charge in [-0.3, -0.25) is 0 Å². The van der Waals surface area contributed by atoms with Crippen LogP contribution in [-0.2, 0) is 4.79 Å². The largest absolute Gasteiger partial charge is 1.00 e. The minimum atomic E-state index is -1.65. The molecule has 1 aromatic carbocycles. The second kappa shape index (κ2) is 5.24. The molecule has 0 radical (unpaired) electrons. The summed E-state index contributed by atoms with van der Waals surface area (Å²) < 4.78 is 0. The number of nitrogens with two attached hydrogens (primary N) is 1. The van der Waals surface area contributed by atoms with Gasteiger partial charge in [-0.15, -0.1) is 0 Å². The van der Waals surface area contributed by atoms with E-state index in [1.54, 1.807) is 12.1 Å². The van der Waals surface area contributed by atoms with Crippen LogP contribution in [-0.4, -0.2) is 11.1 Å². The molecule has 1 atom stereocenters. The molecule has 1 rings (SSSR count). The van der Waals surface area contributed by atoms with E-state index in [-0.39, 0.29) is 40.8 Å². The van der Waals surface area contributed by atoms with Crippen molar-refractivity contribution in [2.45, 2.75) is 6.10 Å². The van der Waals surface area contributed by atoms with Gasteiger partial charge in [-0.1, -0.05) is 18.2 Å². The Kier molecular flexibility index (Phi) is 5.02. The number of carbonyl (C=O) groups is 1. The number of benzene rings is 1. The number of nitrogen functional groups attached to an aromatic ring is 1. The molecule has 13 heavy (non-hydrogen) atoms. The Labute approximate surface area is 97.7 Å². The van der Waals surface area contributed by atoms with Crippen molar-refractivity contribution in [3.63, 3.8) is 0 Å². The van der Waals surface area contributed by atoms with Crippen LogP contribution in [0.4, 0.5) is 5.69 Å². The fourth-order valence-corrected chi connectivity index (χ4v) is 0.887. The molecule has 0 aliphatic rings. The molecule has 1 aromatic rings. The van der Waals surface area contributed by atoms with E-state index in [1.807, 2.05) is 0 Å². The van der Waals surface area contributed by atoms with Crippen LogP contribution < -0.4 is 40.4 Å². The number of para-hydroxylation sites is 1. The third-order valence-electron chi connectivity index (χ3n) is 1.51. The molecule has 0 aliphatic heterocycles. The number of carboxylic acid groups (broad SMARTS) is 1. The van der Waals surface area contributed by atoms with E-state index >= 15 is 0 Å². The molecule has 3 N–H and O–H groups in total. The van der Waals surface area contributed by atoms with Crippen LogP contribution in [0.2, 0.25) is 0 Å². The maximum atomic E-state index is 10.2. The maximum absolute atomic E-state index is 10.2. The molecule has 5 heteroatoms. The van der Waals surface area contributed by atoms with Crippen molar-refractivity contribution < 1.29 is 44.6 Å². The van der Waals surface area contributed by atoms with Crippen molar-refractivity contribution in [2.24, 2.45) is 0 Å². The summed E-state index contributed by atoms with van der Waals surface area (Å²) in [6, 6.07) is 6.20. The number of hydrogen-bond acceptors (Lipinski definition) is 4. The number of anilines is 1. The summed E-state index contributed by atoms with van der Waals surface area (Å²) in [5.74, 6) is -1.55. The van der Waals surface area contributed by atoms with E-state index in [1.165, 1.54) is 12.1 Å². The third-order valence-corrected chi connectivity index (χ3v) is 1.51. The first-order valence-corrected chi connectivity index (χ1v) is 3.36. The van der Waals surface area contributed by atoms with Crippen molar-refractivity contribution in [1.82, 2.24) is 0 Å². The summed E-state index contributed by atoms with van der Waals surface area (Å²) >= 11 is 0. The average molecular weight is 189 g/mol. The van der Waals surface area contributed by atoms with Gasteiger partial charge >= 0.3 is 29.6 Å². The molecule has 4 nitrogen and oxygen atoms in total. The maximum Gasteiger partial charge on any atom is 1.00 e. The summed E-state index contributed by atoms with van der Waals surface area (Å²) in [7, 11) is 0. The van der Waals surface area contributed by atoms with E-state index in [9.17, 15) is 9.90 Å². The average Bonchev–Trinajstić information content (AvgIpc) is 2.04. The first kappa shape index (κ1) is 12.4. The second-order valence-electron chi connectivity index (χ2n) is 2.35. The summed E-state index contributed by atoms with van der Waals surface area (Å²) in [6.07, 6.45) is -1.65. The van der Waals surface area contributed by atoms with Crippen LogP contribution in [0.25, 0.3) is 0 Å². The van der Waals surface area contributed by atoms with Gasteiger partial charge in [0.2, 0.25) is 0 Å². The molecule has 0 fully saturated rings. The van der Waals surface area contributed by atoms with Crippen molar-refractivity contribution >= 4 is 11.7 Å². The molecule has 0 saturated heterocycles. The molecule has 0 aliphatic carbocycles. The Bertz CT molecular complexity index is 303. The number of aliphatic hydroxyl groups is 1. The molecule has 0 aromatic heterocycles. The van der Waals surface area contributed by atoms with Gasteiger partial charge in [-0.2, -0.15) is 0 Å². The van der Waals surface area contributed by atoms with E-state index < -0.39 is 12.1 Å². The molecule has 0 bridgehead atoms. The standard InChI is InChI=1S/C8H9NO3.Na/c9-6-4-2-1-3-5(6)7(10)8(11)12;/h1-4,7,10H,9H2,(H,11,12);/q;+1/p-1/t7-;/m1./s1. The predicted molar refractivity (Wildman–Crippen MR) is 40.8 cm³/mol. The van der Waals surface area contributed by atoms with E-state index in [2.05, 4.69) is 0 Å². The molecule has 64 valence electrons. The Hall–Kier alpha value is -0.550. The van der Waals surface area contributed by atoms with Crippen molar-refractivity contribution in [3.05, 3.63) is 29.8 Å². The topological polar surface area (TPSA) is 86.4 Å². The van der Waals surface area contributed by atoms with Crippen LogP contribution in [0.5, 0.6) is 0 Å². The normalized spacial score (nSPS) is 11.5. The molecule has 0 unspecified atom stereocenters. The second-order valence-corrected chi connectivity index (χ2v) is 2.35. The minimum Gasteiger partial charge on any atom is -0.547 e. The van der Waals surface area contributed by atoms with E-state index in [0.717, 1.165) is 0 Å². The zero-order valence-corrected chi connectivity index (χ0v) is 9.23. The van der Waals surface area contributed by atoms with Crippen LogP contribution in [0.3, 0.4) is 0 Å². The van der Waals surface area contributed by atoms with E-state index in [0.29, 0.717) is 0 Å². The predicted octanol–water partition coefficient (Wildman–Crippen LogP) is -3.94. The van der Waals surface area contributed by atoms with Gasteiger partial charge in [-0.05, 0) is 6.07 Å². The Balaban J connectivity index is 0.00000144. The zero-order valence-electron chi connectivity index (χ0n) is 7.23. The van der Waals surface area contributed by atoms with Gasteiger partial charge in [0.05, 0.1) is 5.97 Å². The summed E-state index contributed by atoms with van der Waals surface area (Å²) in [5, 5.41) is 19.3. The van der Waals surface area contributed by atoms with Crippen molar-refractivity contribution in [2.75, 3.05) is 5.73 Å². The fourth-order valence-electron chi connectivity index (χ4n) is 0.887. The first-order valence-electron chi connectivity index (χ1n) is 3.36. The Morgan fingerprint density at radius 1 is 1.46 bits per heavy atom. The van der Waals surface area contributed by atoms with Crippen molar-refractivity contribution in [1.29, 1.82) is 0 Å². The number of aliphatic carboxylic acids is 1. The minimum absolute atomic E-state index is 0. The first-order chi connectivity index (χ1) is 5.63. The summed E-state index contributed by atoms with van der Waals surface area (Å²) in [5.41, 5.74) is 5.82. The Morgan fingerprint density at radius 2 is 2.00 bits per heavy atom. The van der Waals surface area contributed by atoms with Crippen LogP contribution in [0.1, 0.15) is 11.7 Å². The van der Waals surface area contributed by atoms with Crippen LogP contribution in [0.15, 0.2) is 24.3 Å². The molecular formula is C8H8NNaO3. The van der Waals surface area contributed by atoms with Gasteiger partial charge in [0, 0.05) is 11.3 Å². The summed E-state index contributed by atoms with van der Waals surface area (Å²) in [6.45, 7) is 0. The number of hydrogen-bond donors (Lipinski definition) is 2. The number of carbonyl (C=O) groups excluding carboxylic acids is 1. The van der Waals surface area contributed by atoms with Crippen LogP contribution >= 0.6 is 0 Å². The molecular weight excluding hydrogens is 181 g/mol. The smallest absolute Gasteiger partial charge is 0.547 e. The van der Waals surface area contributed by atoms with Gasteiger partial charge in [0.1, 0.15) is 6.10 Å². The Morgan fingerprint density at radius 3 is 2.46 bits per heavy atom. The van der Waals surface area contributed by atoms with Gasteiger partial charge in [0.15, 0.2) is 0 Å². The zero-order chi connectivity index (χ0) is 9.14. The molecule has 0 spiro atoms. The SMILES string of the molecule is Nc1ccccc1[C@@H](O)C(=O)[O-].[Na+]. The number of rotatable bonds is 2. The van der Waals surface area contributed by atoms with Gasteiger partial charge < -0.3 is 20.7 Å². The monoisotopic (exact) mass is 189 g/mol. The molecule has 0 heterocycles. The van der Waals surface area contributed by atoms with Gasteiger partial charge in [-0.25, -0.2) is 0 Å². The summed E-state index contributed by atoms with van der Waals surface area (Å²) in [4.78, 5) is 10.2. The van der Waals surface area contributed by atoms with Crippen LogP contribution in [0, 0.1) is 0 Å².